The van der Waals surface area contributed by atoms with E-state index in [2.05, 4.69) is 13.5 Å². The quantitative estimate of drug-likeness (QED) is 0.329. The Labute approximate surface area is 146 Å². The molecule has 2 rings (SSSR count). The highest BCUT2D eigenvalue weighted by Crippen LogP contribution is 2.25. The lowest BCUT2D eigenvalue weighted by Gasteiger charge is -2.10. The van der Waals surface area contributed by atoms with E-state index in [9.17, 15) is 19.2 Å². The summed E-state index contributed by atoms with van der Waals surface area (Å²) in [7, 11) is 0. The molecule has 0 spiro atoms. The van der Waals surface area contributed by atoms with E-state index in [0.717, 1.165) is 25.7 Å². The minimum atomic E-state index is -0.745. The summed E-state index contributed by atoms with van der Waals surface area (Å²) in [4.78, 5) is 49.2. The number of ether oxygens (including phenoxy) is 1. The van der Waals surface area contributed by atoms with Crippen molar-refractivity contribution >= 4 is 23.7 Å². The molecule has 25 heavy (non-hydrogen) atoms. The van der Waals surface area contributed by atoms with Crippen LogP contribution >= 0.6 is 0 Å². The molecular formula is C19H21NO5. The average Bonchev–Trinajstić information content (AvgIpc) is 2.84. The zero-order chi connectivity index (χ0) is 18.6. The number of carbonyl (C=O) groups is 4. The summed E-state index contributed by atoms with van der Waals surface area (Å²) < 4.78 is 5.18. The maximum Gasteiger partial charge on any atom is 0.338 e. The highest BCUT2D eigenvalue weighted by molar-refractivity contribution is 6.31. The monoisotopic (exact) mass is 343 g/mol. The summed E-state index contributed by atoms with van der Waals surface area (Å²) in [6.07, 6.45) is 3.94. The molecule has 0 N–H and O–H groups in total. The lowest BCUT2D eigenvalue weighted by Crippen LogP contribution is -2.36. The van der Waals surface area contributed by atoms with Crippen LogP contribution in [0.2, 0.25) is 0 Å². The van der Waals surface area contributed by atoms with Gasteiger partial charge in [0, 0.05) is 5.57 Å². The summed E-state index contributed by atoms with van der Waals surface area (Å²) in [5.41, 5.74) is 0.389. The number of fused-ring (bicyclic) bond motifs is 1. The molecule has 132 valence electrons. The average molecular weight is 343 g/mol. The molecule has 1 aromatic rings. The predicted octanol–water partition coefficient (Wildman–Crippen LogP) is 3.12. The molecule has 0 unspecified atom stereocenters. The Kier molecular flexibility index (Phi) is 5.85. The van der Waals surface area contributed by atoms with E-state index in [1.54, 1.807) is 0 Å². The minimum absolute atomic E-state index is 0.0278. The molecule has 0 fully saturated rings. The number of hydrogen-bond acceptors (Lipinski definition) is 5. The molecule has 0 aliphatic carbocycles. The van der Waals surface area contributed by atoms with Crippen molar-refractivity contribution in [2.75, 3.05) is 6.61 Å². The zero-order valence-corrected chi connectivity index (χ0v) is 14.5. The highest BCUT2D eigenvalue weighted by atomic mass is 16.5. The van der Waals surface area contributed by atoms with E-state index >= 15 is 0 Å². The molecular weight excluding hydrogens is 322 g/mol. The summed E-state index contributed by atoms with van der Waals surface area (Å²) in [5, 5.41) is 0. The first kappa shape index (κ1) is 18.6. The molecule has 1 aromatic carbocycles. The second-order valence-electron chi connectivity index (χ2n) is 5.99. The van der Waals surface area contributed by atoms with Crippen molar-refractivity contribution in [1.29, 1.82) is 0 Å². The van der Waals surface area contributed by atoms with Gasteiger partial charge in [0.05, 0.1) is 23.3 Å². The molecule has 1 heterocycles. The third kappa shape index (κ3) is 3.84. The van der Waals surface area contributed by atoms with Crippen molar-refractivity contribution in [2.24, 2.45) is 0 Å². The molecule has 3 amide bonds. The molecule has 0 atom stereocenters. The van der Waals surface area contributed by atoms with Crippen LogP contribution in [0.1, 0.15) is 70.6 Å². The second-order valence-corrected chi connectivity index (χ2v) is 5.99. The van der Waals surface area contributed by atoms with E-state index < -0.39 is 23.7 Å². The van der Waals surface area contributed by atoms with Crippen LogP contribution in [-0.4, -0.2) is 35.2 Å². The first-order valence-corrected chi connectivity index (χ1v) is 8.28. The second kappa shape index (κ2) is 7.88. The number of esters is 1. The Morgan fingerprint density at radius 1 is 1.08 bits per heavy atom. The maximum absolute atomic E-state index is 12.4. The molecule has 0 bridgehead atoms. The molecule has 6 nitrogen and oxygen atoms in total. The first-order chi connectivity index (χ1) is 11.9. The van der Waals surface area contributed by atoms with E-state index in [1.807, 2.05) is 0 Å². The largest absolute Gasteiger partial charge is 0.462 e. The van der Waals surface area contributed by atoms with Gasteiger partial charge in [-0.3, -0.25) is 14.4 Å². The first-order valence-electron chi connectivity index (χ1n) is 8.28. The fraction of sp³-hybridized carbons (Fsp3) is 0.368. The SMILES string of the molecule is C=C(C)C(=O)N1C(=O)c2ccc(C(=O)OCCCCCC)cc2C1=O. The lowest BCUT2D eigenvalue weighted by molar-refractivity contribution is -0.122. The number of carbonyl (C=O) groups excluding carboxylic acids is 4. The molecule has 6 heteroatoms. The minimum Gasteiger partial charge on any atom is -0.462 e. The Morgan fingerprint density at radius 2 is 1.76 bits per heavy atom. The Hall–Kier alpha value is -2.76. The van der Waals surface area contributed by atoms with Crippen molar-refractivity contribution in [3.8, 4) is 0 Å². The van der Waals surface area contributed by atoms with E-state index in [4.69, 9.17) is 4.74 Å². The maximum atomic E-state index is 12.4. The summed E-state index contributed by atoms with van der Waals surface area (Å²) in [6.45, 7) is 7.29. The fourth-order valence-corrected chi connectivity index (χ4v) is 2.52. The summed E-state index contributed by atoms with van der Waals surface area (Å²) in [5.74, 6) is -2.74. The Morgan fingerprint density at radius 3 is 2.40 bits per heavy atom. The van der Waals surface area contributed by atoms with Gasteiger partial charge in [0.1, 0.15) is 0 Å². The number of imide groups is 3. The van der Waals surface area contributed by atoms with Gasteiger partial charge >= 0.3 is 5.97 Å². The number of rotatable bonds is 7. The van der Waals surface area contributed by atoms with Crippen LogP contribution in [0.25, 0.3) is 0 Å². The van der Waals surface area contributed by atoms with Gasteiger partial charge in [0.15, 0.2) is 0 Å². The van der Waals surface area contributed by atoms with Crippen LogP contribution in [-0.2, 0) is 9.53 Å². The van der Waals surface area contributed by atoms with Gasteiger partial charge in [-0.05, 0) is 31.5 Å². The van der Waals surface area contributed by atoms with Gasteiger partial charge in [-0.1, -0.05) is 32.8 Å². The van der Waals surface area contributed by atoms with Crippen molar-refractivity contribution in [2.45, 2.75) is 39.5 Å². The normalized spacial score (nSPS) is 13.0. The molecule has 0 aromatic heterocycles. The van der Waals surface area contributed by atoms with Crippen LogP contribution in [0.15, 0.2) is 30.4 Å². The van der Waals surface area contributed by atoms with Gasteiger partial charge in [-0.25, -0.2) is 9.69 Å². The number of unbranched alkanes of at least 4 members (excludes halogenated alkanes) is 3. The number of hydrogen-bond donors (Lipinski definition) is 0. The zero-order valence-electron chi connectivity index (χ0n) is 14.5. The number of benzene rings is 1. The van der Waals surface area contributed by atoms with Gasteiger partial charge in [-0.2, -0.15) is 0 Å². The number of nitrogens with zero attached hydrogens (tertiary/aromatic N) is 1. The Bertz CT molecular complexity index is 750. The van der Waals surface area contributed by atoms with Gasteiger partial charge < -0.3 is 4.74 Å². The third-order valence-electron chi connectivity index (χ3n) is 3.92. The Balaban J connectivity index is 2.12. The molecule has 0 radical (unpaired) electrons. The molecule has 0 saturated heterocycles. The lowest BCUT2D eigenvalue weighted by atomic mass is 10.1. The molecule has 0 saturated carbocycles. The van der Waals surface area contributed by atoms with Crippen LogP contribution in [0.4, 0.5) is 0 Å². The van der Waals surface area contributed by atoms with Gasteiger partial charge in [-0.15, -0.1) is 0 Å². The van der Waals surface area contributed by atoms with E-state index in [1.165, 1.54) is 25.1 Å². The van der Waals surface area contributed by atoms with Crippen molar-refractivity contribution in [3.63, 3.8) is 0 Å². The van der Waals surface area contributed by atoms with Crippen molar-refractivity contribution < 1.29 is 23.9 Å². The van der Waals surface area contributed by atoms with Crippen LogP contribution < -0.4 is 0 Å². The van der Waals surface area contributed by atoms with Gasteiger partial charge in [0.2, 0.25) is 0 Å². The predicted molar refractivity (Wildman–Crippen MR) is 91.2 cm³/mol. The van der Waals surface area contributed by atoms with E-state index in [0.29, 0.717) is 11.5 Å². The fourth-order valence-electron chi connectivity index (χ4n) is 2.52. The highest BCUT2D eigenvalue weighted by Gasteiger charge is 2.40. The van der Waals surface area contributed by atoms with Crippen LogP contribution in [0.3, 0.4) is 0 Å². The third-order valence-corrected chi connectivity index (χ3v) is 3.92. The standard InChI is InChI=1S/C19H21NO5/c1-4-5-6-7-10-25-19(24)13-8-9-14-15(11-13)18(23)20(17(14)22)16(21)12(2)3/h8-9,11H,2,4-7,10H2,1,3H3. The van der Waals surface area contributed by atoms with Crippen molar-refractivity contribution in [3.05, 3.63) is 47.0 Å². The molecule has 1 aliphatic rings. The smallest absolute Gasteiger partial charge is 0.338 e. The molecule has 1 aliphatic heterocycles. The van der Waals surface area contributed by atoms with Crippen LogP contribution in [0, 0.1) is 0 Å². The van der Waals surface area contributed by atoms with Crippen LogP contribution in [0.5, 0.6) is 0 Å². The number of amides is 3. The summed E-state index contributed by atoms with van der Waals surface area (Å²) in [6, 6.07) is 4.09. The summed E-state index contributed by atoms with van der Waals surface area (Å²) >= 11 is 0. The van der Waals surface area contributed by atoms with Gasteiger partial charge in [0.25, 0.3) is 17.7 Å². The van der Waals surface area contributed by atoms with E-state index in [-0.39, 0.29) is 22.3 Å². The van der Waals surface area contributed by atoms with Crippen molar-refractivity contribution in [1.82, 2.24) is 4.90 Å². The topological polar surface area (TPSA) is 80.8 Å².